The third-order valence-corrected chi connectivity index (χ3v) is 3.62. The smallest absolute Gasteiger partial charge is 0.0824 e. The van der Waals surface area contributed by atoms with E-state index in [1.165, 1.54) is 0 Å². The van der Waals surface area contributed by atoms with Crippen LogP contribution in [-0.4, -0.2) is 37.2 Å². The van der Waals surface area contributed by atoms with Crippen LogP contribution in [0.25, 0.3) is 0 Å². The fraction of sp³-hybridized carbons (Fsp3) is 0.500. The van der Waals surface area contributed by atoms with Crippen LogP contribution in [0, 0.1) is 0 Å². The summed E-state index contributed by atoms with van der Waals surface area (Å²) in [5.74, 6) is 0. The van der Waals surface area contributed by atoms with Crippen LogP contribution in [0.4, 0.5) is 0 Å². The molecule has 0 unspecified atom stereocenters. The predicted molar refractivity (Wildman–Crippen MR) is 70.5 cm³/mol. The quantitative estimate of drug-likeness (QED) is 0.918. The van der Waals surface area contributed by atoms with E-state index in [0.717, 1.165) is 31.8 Å². The fourth-order valence-corrected chi connectivity index (χ4v) is 2.28. The highest BCUT2D eigenvalue weighted by atomic mass is 35.5. The summed E-state index contributed by atoms with van der Waals surface area (Å²) in [6.45, 7) is 3.96. The van der Waals surface area contributed by atoms with Crippen molar-refractivity contribution in [2.75, 3.05) is 26.2 Å². The molecule has 0 aliphatic carbocycles. The van der Waals surface area contributed by atoms with Crippen molar-refractivity contribution in [2.24, 2.45) is 5.73 Å². The Morgan fingerprint density at radius 1 is 1.35 bits per heavy atom. The van der Waals surface area contributed by atoms with Crippen molar-refractivity contribution in [3.63, 3.8) is 0 Å². The number of hydrogen-bond donors (Lipinski definition) is 1. The van der Waals surface area contributed by atoms with Gasteiger partial charge in [-0.15, -0.1) is 0 Å². The molecular formula is C12H16Cl2N2O. The van der Waals surface area contributed by atoms with E-state index in [4.69, 9.17) is 33.7 Å². The average molecular weight is 275 g/mol. The van der Waals surface area contributed by atoms with Gasteiger partial charge < -0.3 is 10.5 Å². The summed E-state index contributed by atoms with van der Waals surface area (Å²) in [5, 5.41) is 1.20. The molecule has 0 amide bonds. The van der Waals surface area contributed by atoms with Crippen molar-refractivity contribution in [1.29, 1.82) is 0 Å². The number of nitrogens with zero attached hydrogens (tertiary/aromatic N) is 1. The lowest BCUT2D eigenvalue weighted by molar-refractivity contribution is -0.0260. The van der Waals surface area contributed by atoms with Gasteiger partial charge in [0.25, 0.3) is 0 Å². The standard InChI is InChI=1S/C12H16Cl2N2O/c13-11-2-1-9(5-12(11)14)7-16-3-4-17-10(6-15)8-16/h1-2,5,10H,3-4,6-8,15H2/t10-/m1/s1. The molecule has 1 aliphatic heterocycles. The Labute approximate surface area is 111 Å². The molecule has 17 heavy (non-hydrogen) atoms. The Morgan fingerprint density at radius 3 is 2.88 bits per heavy atom. The fourth-order valence-electron chi connectivity index (χ4n) is 1.96. The first-order valence-electron chi connectivity index (χ1n) is 5.67. The number of ether oxygens (including phenoxy) is 1. The second-order valence-corrected chi connectivity index (χ2v) is 5.03. The summed E-state index contributed by atoms with van der Waals surface area (Å²) in [5.41, 5.74) is 6.78. The van der Waals surface area contributed by atoms with Gasteiger partial charge in [-0.05, 0) is 17.7 Å². The molecule has 5 heteroatoms. The third kappa shape index (κ3) is 3.57. The highest BCUT2D eigenvalue weighted by Gasteiger charge is 2.19. The number of halogens is 2. The predicted octanol–water partition coefficient (Wildman–Crippen LogP) is 2.15. The Balaban J connectivity index is 1.97. The normalized spacial score (nSPS) is 21.7. The van der Waals surface area contributed by atoms with Gasteiger partial charge in [-0.3, -0.25) is 4.90 Å². The molecule has 0 spiro atoms. The first-order valence-corrected chi connectivity index (χ1v) is 6.42. The number of hydrogen-bond acceptors (Lipinski definition) is 3. The molecule has 1 saturated heterocycles. The minimum atomic E-state index is 0.145. The van der Waals surface area contributed by atoms with E-state index < -0.39 is 0 Å². The van der Waals surface area contributed by atoms with Crippen LogP contribution in [-0.2, 0) is 11.3 Å². The highest BCUT2D eigenvalue weighted by molar-refractivity contribution is 6.42. The maximum absolute atomic E-state index is 5.99. The number of nitrogens with two attached hydrogens (primary N) is 1. The van der Waals surface area contributed by atoms with E-state index in [-0.39, 0.29) is 6.10 Å². The molecule has 0 bridgehead atoms. The maximum atomic E-state index is 5.99. The van der Waals surface area contributed by atoms with Crippen molar-refractivity contribution in [3.8, 4) is 0 Å². The highest BCUT2D eigenvalue weighted by Crippen LogP contribution is 2.23. The van der Waals surface area contributed by atoms with Crippen LogP contribution < -0.4 is 5.73 Å². The van der Waals surface area contributed by atoms with Gasteiger partial charge in [0.1, 0.15) is 0 Å². The van der Waals surface area contributed by atoms with Gasteiger partial charge in [-0.2, -0.15) is 0 Å². The Bertz CT molecular complexity index is 387. The molecule has 1 heterocycles. The monoisotopic (exact) mass is 274 g/mol. The summed E-state index contributed by atoms with van der Waals surface area (Å²) < 4.78 is 5.52. The van der Waals surface area contributed by atoms with Gasteiger partial charge in [0, 0.05) is 26.2 Å². The van der Waals surface area contributed by atoms with Crippen LogP contribution in [0.15, 0.2) is 18.2 Å². The lowest BCUT2D eigenvalue weighted by Gasteiger charge is -2.32. The van der Waals surface area contributed by atoms with Gasteiger partial charge in [0.05, 0.1) is 22.8 Å². The molecular weight excluding hydrogens is 259 g/mol. The van der Waals surface area contributed by atoms with E-state index >= 15 is 0 Å². The summed E-state index contributed by atoms with van der Waals surface area (Å²) in [6, 6.07) is 5.75. The van der Waals surface area contributed by atoms with Crippen LogP contribution >= 0.6 is 23.2 Å². The molecule has 1 aromatic rings. The zero-order valence-electron chi connectivity index (χ0n) is 9.53. The molecule has 0 aromatic heterocycles. The molecule has 2 N–H and O–H groups in total. The Kier molecular flexibility index (Phi) is 4.65. The largest absolute Gasteiger partial charge is 0.374 e. The molecule has 2 rings (SSSR count). The van der Waals surface area contributed by atoms with Crippen molar-refractivity contribution in [1.82, 2.24) is 4.90 Å². The van der Waals surface area contributed by atoms with E-state index in [0.29, 0.717) is 16.6 Å². The van der Waals surface area contributed by atoms with E-state index in [2.05, 4.69) is 4.90 Å². The van der Waals surface area contributed by atoms with Crippen molar-refractivity contribution in [2.45, 2.75) is 12.6 Å². The van der Waals surface area contributed by atoms with Crippen LogP contribution in [0.3, 0.4) is 0 Å². The van der Waals surface area contributed by atoms with Crippen molar-refractivity contribution >= 4 is 23.2 Å². The second kappa shape index (κ2) is 6.03. The van der Waals surface area contributed by atoms with Gasteiger partial charge in [0.15, 0.2) is 0 Å². The van der Waals surface area contributed by atoms with E-state index in [9.17, 15) is 0 Å². The van der Waals surface area contributed by atoms with Crippen LogP contribution in [0.5, 0.6) is 0 Å². The van der Waals surface area contributed by atoms with E-state index in [1.54, 1.807) is 0 Å². The minimum absolute atomic E-state index is 0.145. The summed E-state index contributed by atoms with van der Waals surface area (Å²) >= 11 is 11.9. The van der Waals surface area contributed by atoms with Gasteiger partial charge >= 0.3 is 0 Å². The molecule has 0 radical (unpaired) electrons. The first-order chi connectivity index (χ1) is 8.19. The first kappa shape index (κ1) is 13.1. The average Bonchev–Trinajstić information content (AvgIpc) is 2.34. The van der Waals surface area contributed by atoms with Gasteiger partial charge in [-0.1, -0.05) is 29.3 Å². The SMILES string of the molecule is NC[C@@H]1CN(Cc2ccc(Cl)c(Cl)c2)CCO1. The van der Waals surface area contributed by atoms with Crippen molar-refractivity contribution in [3.05, 3.63) is 33.8 Å². The summed E-state index contributed by atoms with van der Waals surface area (Å²) in [4.78, 5) is 2.32. The lowest BCUT2D eigenvalue weighted by atomic mass is 10.2. The molecule has 94 valence electrons. The van der Waals surface area contributed by atoms with Gasteiger partial charge in [0.2, 0.25) is 0 Å². The summed E-state index contributed by atoms with van der Waals surface area (Å²) in [7, 11) is 0. The maximum Gasteiger partial charge on any atom is 0.0824 e. The molecule has 1 fully saturated rings. The molecule has 0 saturated carbocycles. The zero-order chi connectivity index (χ0) is 12.3. The molecule has 3 nitrogen and oxygen atoms in total. The Morgan fingerprint density at radius 2 is 2.18 bits per heavy atom. The molecule has 1 atom stereocenters. The van der Waals surface area contributed by atoms with Crippen LogP contribution in [0.2, 0.25) is 10.0 Å². The third-order valence-electron chi connectivity index (χ3n) is 2.88. The van der Waals surface area contributed by atoms with E-state index in [1.807, 2.05) is 18.2 Å². The summed E-state index contributed by atoms with van der Waals surface area (Å²) in [6.07, 6.45) is 0.145. The number of benzene rings is 1. The Hall–Kier alpha value is -0.320. The van der Waals surface area contributed by atoms with Crippen molar-refractivity contribution < 1.29 is 4.74 Å². The zero-order valence-corrected chi connectivity index (χ0v) is 11.0. The van der Waals surface area contributed by atoms with Crippen LogP contribution in [0.1, 0.15) is 5.56 Å². The van der Waals surface area contributed by atoms with Gasteiger partial charge in [-0.25, -0.2) is 0 Å². The topological polar surface area (TPSA) is 38.5 Å². The minimum Gasteiger partial charge on any atom is -0.374 e. The second-order valence-electron chi connectivity index (χ2n) is 4.21. The number of rotatable bonds is 3. The molecule has 1 aromatic carbocycles. The molecule has 1 aliphatic rings. The number of morpholine rings is 1. The lowest BCUT2D eigenvalue weighted by Crippen LogP contribution is -2.45.